The summed E-state index contributed by atoms with van der Waals surface area (Å²) in [6.45, 7) is 2.06. The van der Waals surface area contributed by atoms with E-state index >= 15 is 0 Å². The molecular formula is C28H32N8OS. The zero-order valence-electron chi connectivity index (χ0n) is 22.0. The molecule has 0 radical (unpaired) electrons. The summed E-state index contributed by atoms with van der Waals surface area (Å²) in [7, 11) is -0.180. The van der Waals surface area contributed by atoms with E-state index in [4.69, 9.17) is 0 Å². The quantitative estimate of drug-likeness (QED) is 0.478. The van der Waals surface area contributed by atoms with E-state index in [1.807, 2.05) is 6.07 Å². The smallest absolute Gasteiger partial charge is 0.229 e. The van der Waals surface area contributed by atoms with Crippen molar-refractivity contribution in [2.45, 2.75) is 51.0 Å². The Morgan fingerprint density at radius 2 is 1.89 bits per heavy atom. The molecular weight excluding hydrogens is 496 g/mol. The van der Waals surface area contributed by atoms with E-state index in [0.29, 0.717) is 34.9 Å². The van der Waals surface area contributed by atoms with Gasteiger partial charge in [-0.05, 0) is 91.9 Å². The minimum Gasteiger partial charge on any atom is -0.324 e. The molecule has 2 aliphatic carbocycles. The maximum absolute atomic E-state index is 12.4. The number of nitriles is 1. The fourth-order valence-electron chi connectivity index (χ4n) is 6.09. The van der Waals surface area contributed by atoms with Gasteiger partial charge in [-0.2, -0.15) is 14.6 Å². The molecule has 6 rings (SSSR count). The molecule has 10 heteroatoms. The number of nitrogens with zero attached hydrogens (tertiary/aromatic N) is 6. The molecule has 1 aromatic carbocycles. The van der Waals surface area contributed by atoms with E-state index in [1.165, 1.54) is 35.7 Å². The first kappa shape index (κ1) is 24.8. The summed E-state index contributed by atoms with van der Waals surface area (Å²) in [5.41, 5.74) is 7.80. The Morgan fingerprint density at radius 3 is 2.71 bits per heavy atom. The van der Waals surface area contributed by atoms with Crippen LogP contribution in [-0.2, 0) is 35.5 Å². The molecule has 3 aromatic rings. The van der Waals surface area contributed by atoms with Crippen LogP contribution in [0.1, 0.15) is 58.6 Å². The number of pyridine rings is 1. The molecule has 0 bridgehead atoms. The second-order valence-electron chi connectivity index (χ2n) is 10.9. The van der Waals surface area contributed by atoms with Crippen LogP contribution in [0.25, 0.3) is 0 Å². The minimum atomic E-state index is -2.36. The van der Waals surface area contributed by atoms with Crippen molar-refractivity contribution in [3.8, 4) is 6.07 Å². The SMILES string of the molecule is CN1Cc2cc(Nc3ncc(C#N)c(Nc4cc5c(c(N=S(C)(C)=O)n4)CCC5)n3)cc3c2C(CCC3)C1. The Hall–Kier alpha value is -3.55. The fraction of sp³-hybridized carbons (Fsp3) is 0.429. The Bertz CT molecular complexity index is 1590. The lowest BCUT2D eigenvalue weighted by atomic mass is 9.77. The Kier molecular flexibility index (Phi) is 6.28. The number of aryl methyl sites for hydroxylation is 2. The van der Waals surface area contributed by atoms with Gasteiger partial charge in [0.15, 0.2) is 11.6 Å². The molecule has 1 aliphatic heterocycles. The molecule has 2 N–H and O–H groups in total. The summed E-state index contributed by atoms with van der Waals surface area (Å²) in [4.78, 5) is 16.1. The first-order valence-corrected chi connectivity index (χ1v) is 15.4. The van der Waals surface area contributed by atoms with Gasteiger partial charge in [-0.25, -0.2) is 14.2 Å². The number of hydrogen-bond donors (Lipinski definition) is 2. The van der Waals surface area contributed by atoms with Gasteiger partial charge in [-0.1, -0.05) is 0 Å². The largest absolute Gasteiger partial charge is 0.324 e. The summed E-state index contributed by atoms with van der Waals surface area (Å²) in [6.07, 6.45) is 11.1. The van der Waals surface area contributed by atoms with Crippen molar-refractivity contribution in [2.75, 3.05) is 36.7 Å². The van der Waals surface area contributed by atoms with Crippen LogP contribution >= 0.6 is 0 Å². The molecule has 9 nitrogen and oxygen atoms in total. The zero-order chi connectivity index (χ0) is 26.4. The third-order valence-electron chi connectivity index (χ3n) is 7.52. The lowest BCUT2D eigenvalue weighted by molar-refractivity contribution is 0.266. The molecule has 0 fully saturated rings. The van der Waals surface area contributed by atoms with E-state index in [2.05, 4.69) is 60.1 Å². The van der Waals surface area contributed by atoms with E-state index in [-0.39, 0.29) is 0 Å². The molecule has 2 aromatic heterocycles. The molecule has 1 unspecified atom stereocenters. The third kappa shape index (κ3) is 4.96. The molecule has 38 heavy (non-hydrogen) atoms. The molecule has 3 aliphatic rings. The minimum absolute atomic E-state index is 0.316. The molecule has 196 valence electrons. The summed E-state index contributed by atoms with van der Waals surface area (Å²) in [5, 5.41) is 16.3. The Morgan fingerprint density at radius 1 is 1.08 bits per heavy atom. The zero-order valence-corrected chi connectivity index (χ0v) is 22.9. The predicted molar refractivity (Wildman–Crippen MR) is 150 cm³/mol. The number of nitrogens with one attached hydrogen (secondary N) is 2. The van der Waals surface area contributed by atoms with Gasteiger partial charge >= 0.3 is 0 Å². The van der Waals surface area contributed by atoms with E-state index in [9.17, 15) is 9.47 Å². The molecule has 0 saturated carbocycles. The number of rotatable bonds is 5. The highest BCUT2D eigenvalue weighted by Gasteiger charge is 2.29. The summed E-state index contributed by atoms with van der Waals surface area (Å²) in [5.74, 6) is 2.44. The van der Waals surface area contributed by atoms with Crippen molar-refractivity contribution < 1.29 is 4.21 Å². The number of likely N-dealkylation sites (N-methyl/N-ethyl adjacent to an activating group) is 1. The van der Waals surface area contributed by atoms with Gasteiger partial charge < -0.3 is 15.5 Å². The van der Waals surface area contributed by atoms with Crippen LogP contribution in [0.5, 0.6) is 0 Å². The number of benzene rings is 1. The lowest BCUT2D eigenvalue weighted by Gasteiger charge is -2.37. The van der Waals surface area contributed by atoms with Crippen LogP contribution in [0.15, 0.2) is 28.8 Å². The normalized spacial score (nSPS) is 18.3. The standard InChI is InChI=1S/C28H32N8OS/c1-36-15-19-8-4-7-18-10-22(11-20(16-36)25(18)19)31-28-30-14-21(13-29)26(34-28)32-24-12-17-6-5-9-23(17)27(33-24)35-38(2,3)37/h10-12,14,19H,4-9,15-16H2,1-3H3,(H2,30,31,32,33,34). The second-order valence-corrected chi connectivity index (χ2v) is 13.5. The number of anilines is 4. The highest BCUT2D eigenvalue weighted by molar-refractivity contribution is 7.92. The fourth-order valence-corrected chi connectivity index (χ4v) is 6.66. The molecule has 0 spiro atoms. The van der Waals surface area contributed by atoms with Gasteiger partial charge in [0.25, 0.3) is 0 Å². The number of fused-ring (bicyclic) bond motifs is 1. The van der Waals surface area contributed by atoms with E-state index in [1.54, 1.807) is 12.5 Å². The van der Waals surface area contributed by atoms with Crippen molar-refractivity contribution in [3.05, 3.63) is 57.8 Å². The summed E-state index contributed by atoms with van der Waals surface area (Å²) in [6, 6.07) is 8.59. The Labute approximate surface area is 223 Å². The maximum atomic E-state index is 12.4. The van der Waals surface area contributed by atoms with E-state index in [0.717, 1.165) is 55.6 Å². The van der Waals surface area contributed by atoms with Gasteiger partial charge in [0.2, 0.25) is 5.95 Å². The van der Waals surface area contributed by atoms with E-state index < -0.39 is 9.73 Å². The lowest BCUT2D eigenvalue weighted by Crippen LogP contribution is -2.33. The van der Waals surface area contributed by atoms with Crippen LogP contribution in [0, 0.1) is 11.3 Å². The van der Waals surface area contributed by atoms with Crippen LogP contribution in [0.4, 0.5) is 29.1 Å². The first-order chi connectivity index (χ1) is 18.3. The molecule has 1 atom stereocenters. The van der Waals surface area contributed by atoms with Gasteiger partial charge in [0.05, 0.1) is 6.20 Å². The van der Waals surface area contributed by atoms with Crippen LogP contribution in [0.3, 0.4) is 0 Å². The highest BCUT2D eigenvalue weighted by atomic mass is 32.2. The van der Waals surface area contributed by atoms with Crippen molar-refractivity contribution in [1.29, 1.82) is 5.26 Å². The van der Waals surface area contributed by atoms with Crippen molar-refractivity contribution >= 4 is 38.8 Å². The number of hydrogen-bond acceptors (Lipinski definition) is 9. The topological polar surface area (TPSA) is 119 Å². The van der Waals surface area contributed by atoms with Gasteiger partial charge in [0, 0.05) is 46.6 Å². The van der Waals surface area contributed by atoms with Crippen molar-refractivity contribution in [3.63, 3.8) is 0 Å². The second kappa shape index (κ2) is 9.64. The first-order valence-electron chi connectivity index (χ1n) is 13.1. The van der Waals surface area contributed by atoms with Gasteiger partial charge in [0.1, 0.15) is 17.5 Å². The average Bonchev–Trinajstić information content (AvgIpc) is 3.32. The summed E-state index contributed by atoms with van der Waals surface area (Å²) < 4.78 is 16.8. The monoisotopic (exact) mass is 528 g/mol. The molecule has 0 amide bonds. The molecule has 0 saturated heterocycles. The van der Waals surface area contributed by atoms with Gasteiger partial charge in [-0.3, -0.25) is 0 Å². The molecule has 3 heterocycles. The number of aromatic nitrogens is 3. The third-order valence-corrected chi connectivity index (χ3v) is 8.13. The van der Waals surface area contributed by atoms with Crippen LogP contribution in [0.2, 0.25) is 0 Å². The Balaban J connectivity index is 1.32. The maximum Gasteiger partial charge on any atom is 0.229 e. The van der Waals surface area contributed by atoms with Crippen molar-refractivity contribution in [1.82, 2.24) is 19.9 Å². The van der Waals surface area contributed by atoms with Crippen molar-refractivity contribution in [2.24, 2.45) is 4.36 Å². The summed E-state index contributed by atoms with van der Waals surface area (Å²) >= 11 is 0. The van der Waals surface area contributed by atoms with Crippen LogP contribution in [-0.4, -0.2) is 50.2 Å². The highest BCUT2D eigenvalue weighted by Crippen LogP contribution is 2.40. The van der Waals surface area contributed by atoms with Gasteiger partial charge in [-0.15, -0.1) is 0 Å². The average molecular weight is 529 g/mol. The van der Waals surface area contributed by atoms with Crippen LogP contribution < -0.4 is 10.6 Å². The predicted octanol–water partition coefficient (Wildman–Crippen LogP) is 4.94.